The quantitative estimate of drug-likeness (QED) is 0.905. The summed E-state index contributed by atoms with van der Waals surface area (Å²) in [7, 11) is 0. The molecule has 2 aromatic rings. The van der Waals surface area contributed by atoms with Gasteiger partial charge in [-0.15, -0.1) is 0 Å². The summed E-state index contributed by atoms with van der Waals surface area (Å²) in [5, 5.41) is 12.2. The van der Waals surface area contributed by atoms with Crippen molar-refractivity contribution in [2.45, 2.75) is 38.5 Å². The molecule has 0 radical (unpaired) electrons. The number of aromatic nitrogens is 2. The molecule has 0 bridgehead atoms. The molecule has 1 aromatic carbocycles. The predicted octanol–water partition coefficient (Wildman–Crippen LogP) is 3.58. The van der Waals surface area contributed by atoms with Gasteiger partial charge >= 0.3 is 5.97 Å². The Morgan fingerprint density at radius 3 is 2.45 bits per heavy atom. The minimum Gasteiger partial charge on any atom is -0.478 e. The largest absolute Gasteiger partial charge is 0.478 e. The first-order valence-corrected chi connectivity index (χ1v) is 7.67. The van der Waals surface area contributed by atoms with Gasteiger partial charge in [0.25, 0.3) is 0 Å². The first kappa shape index (κ1) is 14.5. The van der Waals surface area contributed by atoms with Crippen LogP contribution in [0.1, 0.15) is 47.3 Å². The van der Waals surface area contributed by atoms with Crippen LogP contribution in [-0.2, 0) is 12.8 Å². The molecule has 0 saturated carbocycles. The molecule has 0 aliphatic heterocycles. The summed E-state index contributed by atoms with van der Waals surface area (Å²) in [5.74, 6) is -0.0753. The van der Waals surface area contributed by atoms with Gasteiger partial charge in [0.05, 0.1) is 5.56 Å². The standard InChI is InChI=1S/C17H19N3O2/c21-17(22)12-7-9-13(10-8-12)20-16-14-5-3-1-2-4-6-15(14)18-11-19-16/h7-11H,1-6H2,(H,21,22)(H,18,19,20). The molecule has 3 rings (SSSR count). The lowest BCUT2D eigenvalue weighted by Gasteiger charge is -2.16. The lowest BCUT2D eigenvalue weighted by atomic mass is 9.97. The normalized spacial score (nSPS) is 14.5. The Kier molecular flexibility index (Phi) is 4.32. The number of nitrogens with zero attached hydrogens (tertiary/aromatic N) is 2. The minimum absolute atomic E-state index is 0.281. The van der Waals surface area contributed by atoms with E-state index in [2.05, 4.69) is 15.3 Å². The van der Waals surface area contributed by atoms with Crippen LogP contribution >= 0.6 is 0 Å². The molecule has 1 aliphatic rings. The topological polar surface area (TPSA) is 75.1 Å². The maximum atomic E-state index is 10.9. The lowest BCUT2D eigenvalue weighted by molar-refractivity contribution is 0.0697. The van der Waals surface area contributed by atoms with Gasteiger partial charge in [0.15, 0.2) is 0 Å². The molecule has 0 atom stereocenters. The van der Waals surface area contributed by atoms with Crippen LogP contribution in [0.3, 0.4) is 0 Å². The third-order valence-electron chi connectivity index (χ3n) is 4.02. The molecular formula is C17H19N3O2. The summed E-state index contributed by atoms with van der Waals surface area (Å²) < 4.78 is 0. The Balaban J connectivity index is 1.85. The van der Waals surface area contributed by atoms with Crippen LogP contribution in [0.4, 0.5) is 11.5 Å². The summed E-state index contributed by atoms with van der Waals surface area (Å²) in [6, 6.07) is 6.72. The Labute approximate surface area is 129 Å². The van der Waals surface area contributed by atoms with Crippen LogP contribution in [0, 0.1) is 0 Å². The molecule has 114 valence electrons. The van der Waals surface area contributed by atoms with Gasteiger partial charge in [0.1, 0.15) is 12.1 Å². The fourth-order valence-corrected chi connectivity index (χ4v) is 2.82. The molecule has 5 heteroatoms. The van der Waals surface area contributed by atoms with E-state index in [-0.39, 0.29) is 5.56 Å². The summed E-state index contributed by atoms with van der Waals surface area (Å²) in [4.78, 5) is 19.7. The second kappa shape index (κ2) is 6.56. The maximum absolute atomic E-state index is 10.9. The fraction of sp³-hybridized carbons (Fsp3) is 0.353. The van der Waals surface area contributed by atoms with Crippen molar-refractivity contribution in [2.24, 2.45) is 0 Å². The third-order valence-corrected chi connectivity index (χ3v) is 4.02. The molecule has 5 nitrogen and oxygen atoms in total. The Morgan fingerprint density at radius 1 is 1.00 bits per heavy atom. The van der Waals surface area contributed by atoms with Crippen molar-refractivity contribution in [3.63, 3.8) is 0 Å². The highest BCUT2D eigenvalue weighted by Crippen LogP contribution is 2.26. The van der Waals surface area contributed by atoms with E-state index in [0.717, 1.165) is 36.5 Å². The van der Waals surface area contributed by atoms with Gasteiger partial charge in [0.2, 0.25) is 0 Å². The van der Waals surface area contributed by atoms with E-state index in [1.165, 1.54) is 24.8 Å². The number of hydrogen-bond acceptors (Lipinski definition) is 4. The first-order chi connectivity index (χ1) is 10.7. The second-order valence-electron chi connectivity index (χ2n) is 5.57. The molecule has 2 N–H and O–H groups in total. The number of carboxylic acids is 1. The number of carboxylic acid groups (broad SMARTS) is 1. The number of benzene rings is 1. The summed E-state index contributed by atoms with van der Waals surface area (Å²) >= 11 is 0. The van der Waals surface area contributed by atoms with E-state index in [4.69, 9.17) is 5.11 Å². The van der Waals surface area contributed by atoms with Crippen molar-refractivity contribution in [3.8, 4) is 0 Å². The van der Waals surface area contributed by atoms with Crippen LogP contribution in [0.5, 0.6) is 0 Å². The number of fused-ring (bicyclic) bond motifs is 1. The van der Waals surface area contributed by atoms with Crippen LogP contribution in [0.25, 0.3) is 0 Å². The molecule has 1 aliphatic carbocycles. The minimum atomic E-state index is -0.918. The molecular weight excluding hydrogens is 278 g/mol. The molecule has 0 fully saturated rings. The second-order valence-corrected chi connectivity index (χ2v) is 5.57. The monoisotopic (exact) mass is 297 g/mol. The molecule has 1 heterocycles. The van der Waals surface area contributed by atoms with Gasteiger partial charge in [-0.2, -0.15) is 0 Å². The fourth-order valence-electron chi connectivity index (χ4n) is 2.82. The van der Waals surface area contributed by atoms with Crippen LogP contribution in [-0.4, -0.2) is 21.0 Å². The molecule has 0 saturated heterocycles. The first-order valence-electron chi connectivity index (χ1n) is 7.67. The highest BCUT2D eigenvalue weighted by Gasteiger charge is 2.13. The summed E-state index contributed by atoms with van der Waals surface area (Å²) in [5.41, 5.74) is 3.46. The van der Waals surface area contributed by atoms with Crippen LogP contribution < -0.4 is 5.32 Å². The van der Waals surface area contributed by atoms with Crippen molar-refractivity contribution >= 4 is 17.5 Å². The molecule has 0 amide bonds. The van der Waals surface area contributed by atoms with Gasteiger partial charge in [-0.3, -0.25) is 0 Å². The van der Waals surface area contributed by atoms with Crippen molar-refractivity contribution in [1.82, 2.24) is 9.97 Å². The zero-order chi connectivity index (χ0) is 15.4. The lowest BCUT2D eigenvalue weighted by Crippen LogP contribution is -2.08. The number of nitrogens with one attached hydrogen (secondary N) is 1. The Morgan fingerprint density at radius 2 is 1.73 bits per heavy atom. The van der Waals surface area contributed by atoms with Gasteiger partial charge in [-0.1, -0.05) is 12.8 Å². The predicted molar refractivity (Wildman–Crippen MR) is 84.6 cm³/mol. The van der Waals surface area contributed by atoms with E-state index in [1.807, 2.05) is 0 Å². The smallest absolute Gasteiger partial charge is 0.335 e. The summed E-state index contributed by atoms with van der Waals surface area (Å²) in [6.07, 6.45) is 8.46. The molecule has 0 unspecified atom stereocenters. The van der Waals surface area contributed by atoms with E-state index < -0.39 is 5.97 Å². The Bertz CT molecular complexity index is 668. The Hall–Kier alpha value is -2.43. The van der Waals surface area contributed by atoms with Crippen LogP contribution in [0.2, 0.25) is 0 Å². The number of aryl methyl sites for hydroxylation is 1. The van der Waals surface area contributed by atoms with E-state index in [9.17, 15) is 4.79 Å². The third kappa shape index (κ3) is 3.24. The van der Waals surface area contributed by atoms with Crippen LogP contribution in [0.15, 0.2) is 30.6 Å². The van der Waals surface area contributed by atoms with E-state index in [0.29, 0.717) is 0 Å². The van der Waals surface area contributed by atoms with Gasteiger partial charge in [0, 0.05) is 16.9 Å². The van der Waals surface area contributed by atoms with E-state index in [1.54, 1.807) is 30.6 Å². The van der Waals surface area contributed by atoms with Crippen molar-refractivity contribution in [3.05, 3.63) is 47.4 Å². The average molecular weight is 297 g/mol. The molecule has 0 spiro atoms. The SMILES string of the molecule is O=C(O)c1ccc(Nc2ncnc3c2CCCCCC3)cc1. The van der Waals surface area contributed by atoms with Gasteiger partial charge < -0.3 is 10.4 Å². The zero-order valence-corrected chi connectivity index (χ0v) is 12.4. The van der Waals surface area contributed by atoms with Crippen molar-refractivity contribution in [2.75, 3.05) is 5.32 Å². The number of aromatic carboxylic acids is 1. The molecule has 22 heavy (non-hydrogen) atoms. The number of hydrogen-bond donors (Lipinski definition) is 2. The maximum Gasteiger partial charge on any atom is 0.335 e. The van der Waals surface area contributed by atoms with Gasteiger partial charge in [-0.25, -0.2) is 14.8 Å². The van der Waals surface area contributed by atoms with Crippen molar-refractivity contribution in [1.29, 1.82) is 0 Å². The average Bonchev–Trinajstić information content (AvgIpc) is 2.49. The van der Waals surface area contributed by atoms with Crippen molar-refractivity contribution < 1.29 is 9.90 Å². The zero-order valence-electron chi connectivity index (χ0n) is 12.4. The highest BCUT2D eigenvalue weighted by atomic mass is 16.4. The van der Waals surface area contributed by atoms with Gasteiger partial charge in [-0.05, 0) is 49.9 Å². The number of rotatable bonds is 3. The highest BCUT2D eigenvalue weighted by molar-refractivity contribution is 5.88. The number of carbonyl (C=O) groups is 1. The number of anilines is 2. The van der Waals surface area contributed by atoms with E-state index >= 15 is 0 Å². The molecule has 1 aromatic heterocycles. The summed E-state index contributed by atoms with van der Waals surface area (Å²) in [6.45, 7) is 0.